The fourth-order valence-corrected chi connectivity index (χ4v) is 21.1. The van der Waals surface area contributed by atoms with Gasteiger partial charge in [0.1, 0.15) is 0 Å². The molecule has 0 saturated heterocycles. The van der Waals surface area contributed by atoms with Gasteiger partial charge in [0.25, 0.3) is 0 Å². The van der Waals surface area contributed by atoms with Crippen molar-refractivity contribution >= 4 is 28.4 Å². The van der Waals surface area contributed by atoms with Crippen molar-refractivity contribution in [1.29, 1.82) is 0 Å². The summed E-state index contributed by atoms with van der Waals surface area (Å²) in [6.07, 6.45) is 20.8. The van der Waals surface area contributed by atoms with Crippen LogP contribution in [0.15, 0.2) is 0 Å². The molecule has 0 radical (unpaired) electrons. The molecule has 0 aromatic rings. The lowest BCUT2D eigenvalue weighted by Crippen LogP contribution is -2.54. The highest BCUT2D eigenvalue weighted by Crippen LogP contribution is 2.44. The lowest BCUT2D eigenvalue weighted by atomic mass is 10.3. The Bertz CT molecular complexity index is 437. The summed E-state index contributed by atoms with van der Waals surface area (Å²) in [6.45, 7) is 21.0. The highest BCUT2D eigenvalue weighted by molar-refractivity contribution is 8.03. The van der Waals surface area contributed by atoms with E-state index >= 15 is 0 Å². The Balaban J connectivity index is 6.34. The summed E-state index contributed by atoms with van der Waals surface area (Å²) >= 11 is 2.44. The van der Waals surface area contributed by atoms with Gasteiger partial charge in [0, 0.05) is 23.0 Å². The predicted octanol–water partition coefficient (Wildman–Crippen LogP) is 11.9. The molecule has 0 N–H and O–H groups in total. The third-order valence-electron chi connectivity index (χ3n) is 8.11. The van der Waals surface area contributed by atoms with Crippen LogP contribution in [0.2, 0.25) is 24.2 Å². The van der Waals surface area contributed by atoms with Crippen LogP contribution in [-0.2, 0) is 8.85 Å². The molecule has 0 bridgehead atoms. The molecule has 2 nitrogen and oxygen atoms in total. The average Bonchev–Trinajstić information content (AvgIpc) is 2.89. The van der Waals surface area contributed by atoms with E-state index in [2.05, 4.69) is 67.2 Å². The van der Waals surface area contributed by atoms with Crippen LogP contribution in [0.4, 0.5) is 0 Å². The molecule has 0 spiro atoms. The van der Waals surface area contributed by atoms with Crippen LogP contribution in [-0.4, -0.2) is 39.6 Å². The van der Waals surface area contributed by atoms with Gasteiger partial charge in [-0.15, -0.1) is 0 Å². The molecule has 0 saturated carbocycles. The van der Waals surface area contributed by atoms with Crippen LogP contribution in [0.3, 0.4) is 0 Å². The van der Waals surface area contributed by atoms with Crippen LogP contribution in [0.1, 0.15) is 158 Å². The third kappa shape index (κ3) is 14.8. The second-order valence-electron chi connectivity index (χ2n) is 11.6. The van der Waals surface area contributed by atoms with Crippen molar-refractivity contribution in [2.24, 2.45) is 0 Å². The van der Waals surface area contributed by atoms with Crippen molar-refractivity contribution in [3.63, 3.8) is 0 Å². The van der Waals surface area contributed by atoms with Gasteiger partial charge in [-0.1, -0.05) is 132 Å². The minimum atomic E-state index is -1.85. The molecular formula is C32H70O2SSi2. The molecule has 0 aromatic carbocycles. The van der Waals surface area contributed by atoms with Gasteiger partial charge >= 0.3 is 0 Å². The molecule has 0 aliphatic carbocycles. The lowest BCUT2D eigenvalue weighted by Gasteiger charge is -2.44. The molecule has 224 valence electrons. The quantitative estimate of drug-likeness (QED) is 0.0683. The Labute approximate surface area is 241 Å². The van der Waals surface area contributed by atoms with Crippen molar-refractivity contribution in [3.05, 3.63) is 0 Å². The standard InChI is InChI=1S/C32H70O2SSi2/c1-9-17-21-25-33-36(27-13-5,28-14-6)31(23-19-11-3)35-32(24-20-12-4)37(29-15-7,30-16-8)34-26-22-18-10-2/h31-32H,9-30H2,1-8H3. The van der Waals surface area contributed by atoms with E-state index in [1.165, 1.54) is 127 Å². The first-order valence-corrected chi connectivity index (χ1v) is 22.7. The SMILES string of the molecule is CCCCCO[Si](CCC)(CCC)C(CCCC)SC(CCCC)[Si](CCC)(CCC)OCCCCC. The molecule has 0 heterocycles. The maximum Gasteiger partial charge on any atom is 0.205 e. The number of unbranched alkanes of at least 4 members (excludes halogenated alkanes) is 6. The normalized spacial score (nSPS) is 14.3. The van der Waals surface area contributed by atoms with Crippen LogP contribution in [0.5, 0.6) is 0 Å². The number of rotatable bonds is 28. The molecule has 0 aliphatic rings. The Morgan fingerprint density at radius 1 is 0.432 bits per heavy atom. The summed E-state index contributed by atoms with van der Waals surface area (Å²) < 4.78 is 14.4. The van der Waals surface area contributed by atoms with Gasteiger partial charge in [0.15, 0.2) is 0 Å². The van der Waals surface area contributed by atoms with Crippen molar-refractivity contribution in [2.45, 2.75) is 192 Å². The van der Waals surface area contributed by atoms with E-state index in [0.717, 1.165) is 23.0 Å². The minimum absolute atomic E-state index is 0.732. The first-order valence-electron chi connectivity index (χ1n) is 16.9. The van der Waals surface area contributed by atoms with Crippen molar-refractivity contribution in [2.75, 3.05) is 13.2 Å². The molecule has 0 fully saturated rings. The van der Waals surface area contributed by atoms with Crippen LogP contribution < -0.4 is 0 Å². The molecule has 0 aliphatic heterocycles. The third-order valence-corrected chi connectivity index (χ3v) is 22.5. The Hall–Kier alpha value is 0.704. The van der Waals surface area contributed by atoms with Gasteiger partial charge in [0.05, 0.1) is 0 Å². The molecule has 2 atom stereocenters. The second-order valence-corrected chi connectivity index (χ2v) is 22.1. The highest BCUT2D eigenvalue weighted by atomic mass is 32.2. The maximum atomic E-state index is 7.22. The summed E-state index contributed by atoms with van der Waals surface area (Å²) in [7, 11) is -3.71. The van der Waals surface area contributed by atoms with E-state index in [0.29, 0.717) is 0 Å². The van der Waals surface area contributed by atoms with Gasteiger partial charge in [0.2, 0.25) is 16.6 Å². The van der Waals surface area contributed by atoms with Gasteiger partial charge < -0.3 is 8.85 Å². The molecule has 0 amide bonds. The molecule has 37 heavy (non-hydrogen) atoms. The van der Waals surface area contributed by atoms with Gasteiger partial charge in [-0.25, -0.2) is 0 Å². The van der Waals surface area contributed by atoms with Gasteiger partial charge in [-0.05, 0) is 49.9 Å². The van der Waals surface area contributed by atoms with Gasteiger partial charge in [-0.2, -0.15) is 11.8 Å². The molecule has 0 aromatic heterocycles. The zero-order valence-corrected chi connectivity index (χ0v) is 29.8. The smallest absolute Gasteiger partial charge is 0.205 e. The predicted molar refractivity (Wildman–Crippen MR) is 177 cm³/mol. The molecule has 0 rings (SSSR count). The van der Waals surface area contributed by atoms with E-state index in [9.17, 15) is 0 Å². The topological polar surface area (TPSA) is 18.5 Å². The number of thioether (sulfide) groups is 1. The van der Waals surface area contributed by atoms with Gasteiger partial charge in [-0.3, -0.25) is 0 Å². The van der Waals surface area contributed by atoms with Crippen molar-refractivity contribution in [3.8, 4) is 0 Å². The van der Waals surface area contributed by atoms with E-state index in [4.69, 9.17) is 8.85 Å². The first-order chi connectivity index (χ1) is 18.0. The van der Waals surface area contributed by atoms with Crippen LogP contribution in [0, 0.1) is 0 Å². The molecule has 5 heteroatoms. The first kappa shape index (κ1) is 37.7. The lowest BCUT2D eigenvalue weighted by molar-refractivity contribution is 0.281. The fourth-order valence-electron chi connectivity index (χ4n) is 6.20. The Morgan fingerprint density at radius 3 is 1.03 bits per heavy atom. The molecule has 2 unspecified atom stereocenters. The molecular weight excluding hydrogens is 505 g/mol. The zero-order chi connectivity index (χ0) is 27.8. The largest absolute Gasteiger partial charge is 0.416 e. The van der Waals surface area contributed by atoms with E-state index in [1.54, 1.807) is 0 Å². The summed E-state index contributed by atoms with van der Waals surface area (Å²) in [4.78, 5) is 1.46. The maximum absolute atomic E-state index is 7.22. The average molecular weight is 575 g/mol. The highest BCUT2D eigenvalue weighted by Gasteiger charge is 2.48. The Kier molecular flexibility index (Phi) is 25.0. The van der Waals surface area contributed by atoms with E-state index in [1.807, 2.05) is 0 Å². The summed E-state index contributed by atoms with van der Waals surface area (Å²) in [5, 5.41) is 0. The van der Waals surface area contributed by atoms with E-state index in [-0.39, 0.29) is 0 Å². The summed E-state index contributed by atoms with van der Waals surface area (Å²) in [5.74, 6) is 0. The fraction of sp³-hybridized carbons (Fsp3) is 1.00. The van der Waals surface area contributed by atoms with Crippen molar-refractivity contribution in [1.82, 2.24) is 0 Å². The minimum Gasteiger partial charge on any atom is -0.416 e. The van der Waals surface area contributed by atoms with Crippen LogP contribution in [0.25, 0.3) is 0 Å². The number of hydrogen-bond donors (Lipinski definition) is 0. The van der Waals surface area contributed by atoms with E-state index < -0.39 is 16.6 Å². The van der Waals surface area contributed by atoms with Crippen LogP contribution >= 0.6 is 11.8 Å². The summed E-state index contributed by atoms with van der Waals surface area (Å²) in [5.41, 5.74) is 0. The summed E-state index contributed by atoms with van der Waals surface area (Å²) in [6, 6.07) is 5.40. The van der Waals surface area contributed by atoms with Crippen molar-refractivity contribution < 1.29 is 8.85 Å². The Morgan fingerprint density at radius 2 is 0.757 bits per heavy atom. The number of hydrogen-bond acceptors (Lipinski definition) is 3. The second kappa shape index (κ2) is 24.5. The zero-order valence-electron chi connectivity index (χ0n) is 26.9. The monoisotopic (exact) mass is 574 g/mol.